The van der Waals surface area contributed by atoms with E-state index in [2.05, 4.69) is 14.7 Å². The van der Waals surface area contributed by atoms with Crippen molar-refractivity contribution in [3.63, 3.8) is 0 Å². The molecule has 0 fully saturated rings. The average molecular weight is 315 g/mol. The van der Waals surface area contributed by atoms with E-state index in [0.29, 0.717) is 12.1 Å². The van der Waals surface area contributed by atoms with Crippen LogP contribution in [0.2, 0.25) is 0 Å². The quantitative estimate of drug-likeness (QED) is 0.907. The largest absolute Gasteiger partial charge is 0.468 e. The molecule has 1 aromatic carbocycles. The number of benzene rings is 1. The summed E-state index contributed by atoms with van der Waals surface area (Å²) in [6.45, 7) is 3.50. The zero-order valence-corrected chi connectivity index (χ0v) is 12.1. The number of rotatable bonds is 4. The van der Waals surface area contributed by atoms with Gasteiger partial charge in [-0.3, -0.25) is 4.79 Å². The monoisotopic (exact) mass is 315 g/mol. The molecule has 120 valence electrons. The number of carbonyl (C=O) groups excluding carboxylic acids is 1. The van der Waals surface area contributed by atoms with Gasteiger partial charge in [0.05, 0.1) is 5.54 Å². The van der Waals surface area contributed by atoms with Crippen molar-refractivity contribution in [2.45, 2.75) is 38.4 Å². The number of fused-ring (bicyclic) bond motifs is 1. The molecule has 8 heteroatoms. The van der Waals surface area contributed by atoms with E-state index < -0.39 is 23.5 Å². The van der Waals surface area contributed by atoms with Crippen LogP contribution >= 0.6 is 0 Å². The molecule has 2 rings (SSSR count). The lowest BCUT2D eigenvalue weighted by Gasteiger charge is -2.22. The van der Waals surface area contributed by atoms with Gasteiger partial charge < -0.3 is 15.5 Å². The fraction of sp³-hybridized carbons (Fsp3) is 0.429. The van der Waals surface area contributed by atoms with Crippen LogP contribution in [-0.4, -0.2) is 16.4 Å². The minimum absolute atomic E-state index is 0.00519. The van der Waals surface area contributed by atoms with Gasteiger partial charge in [-0.2, -0.15) is 13.2 Å². The smallest absolute Gasteiger partial charge is 0.433 e. The first-order valence-corrected chi connectivity index (χ1v) is 6.71. The lowest BCUT2D eigenvalue weighted by molar-refractivity contribution is -0.156. The van der Waals surface area contributed by atoms with Crippen LogP contribution in [-0.2, 0) is 11.0 Å². The van der Waals surface area contributed by atoms with Gasteiger partial charge in [-0.25, -0.2) is 4.98 Å². The fourth-order valence-electron chi connectivity index (χ4n) is 2.03. The normalized spacial score (nSPS) is 14.8. The Labute approximate surface area is 124 Å². The van der Waals surface area contributed by atoms with Gasteiger partial charge in [0.25, 0.3) is 0 Å². The van der Waals surface area contributed by atoms with E-state index in [0.717, 1.165) is 6.42 Å². The van der Waals surface area contributed by atoms with Crippen LogP contribution in [0.25, 0.3) is 11.1 Å². The Kier molecular flexibility index (Phi) is 4.15. The molecule has 0 aliphatic carbocycles. The maximum atomic E-state index is 12.5. The van der Waals surface area contributed by atoms with E-state index >= 15 is 0 Å². The molecule has 0 aliphatic rings. The van der Waals surface area contributed by atoms with Crippen LogP contribution in [0.5, 0.6) is 0 Å². The van der Waals surface area contributed by atoms with Crippen LogP contribution < -0.4 is 11.1 Å². The Bertz CT molecular complexity index is 692. The van der Waals surface area contributed by atoms with E-state index in [1.807, 2.05) is 6.92 Å². The topological polar surface area (TPSA) is 81.2 Å². The van der Waals surface area contributed by atoms with Gasteiger partial charge in [0, 0.05) is 5.69 Å². The van der Waals surface area contributed by atoms with Gasteiger partial charge in [-0.05, 0) is 31.5 Å². The highest BCUT2D eigenvalue weighted by atomic mass is 19.4. The second kappa shape index (κ2) is 5.60. The van der Waals surface area contributed by atoms with Gasteiger partial charge >= 0.3 is 12.1 Å². The Morgan fingerprint density at radius 2 is 2.09 bits per heavy atom. The number of hydrogen-bond acceptors (Lipinski definition) is 4. The number of halogens is 3. The molecule has 1 atom stereocenters. The van der Waals surface area contributed by atoms with Crippen molar-refractivity contribution in [2.75, 3.05) is 5.32 Å². The van der Waals surface area contributed by atoms with Gasteiger partial charge in [0.15, 0.2) is 5.58 Å². The molecule has 2 aromatic rings. The molecule has 1 amide bonds. The summed E-state index contributed by atoms with van der Waals surface area (Å²) in [5.41, 5.74) is 5.17. The van der Waals surface area contributed by atoms with Crippen molar-refractivity contribution in [1.29, 1.82) is 0 Å². The van der Waals surface area contributed by atoms with E-state index in [1.54, 1.807) is 6.92 Å². The van der Waals surface area contributed by atoms with E-state index in [9.17, 15) is 18.0 Å². The summed E-state index contributed by atoms with van der Waals surface area (Å²) in [6, 6.07) is 4.07. The third kappa shape index (κ3) is 3.38. The van der Waals surface area contributed by atoms with Gasteiger partial charge in [-0.1, -0.05) is 13.3 Å². The molecule has 1 heterocycles. The van der Waals surface area contributed by atoms with Crippen LogP contribution in [0.4, 0.5) is 18.9 Å². The number of anilines is 1. The van der Waals surface area contributed by atoms with Crippen molar-refractivity contribution in [3.05, 3.63) is 24.1 Å². The second-order valence-corrected chi connectivity index (χ2v) is 5.32. The minimum atomic E-state index is -4.65. The molecule has 0 aliphatic heterocycles. The van der Waals surface area contributed by atoms with Crippen LogP contribution in [0, 0.1) is 0 Å². The predicted molar refractivity (Wildman–Crippen MR) is 75.1 cm³/mol. The fourth-order valence-corrected chi connectivity index (χ4v) is 2.03. The number of nitrogens with zero attached hydrogens (tertiary/aromatic N) is 1. The maximum absolute atomic E-state index is 12.5. The first-order valence-electron chi connectivity index (χ1n) is 6.71. The van der Waals surface area contributed by atoms with Crippen molar-refractivity contribution in [2.24, 2.45) is 5.73 Å². The van der Waals surface area contributed by atoms with Crippen LogP contribution in [0.15, 0.2) is 22.6 Å². The first kappa shape index (κ1) is 16.3. The second-order valence-electron chi connectivity index (χ2n) is 5.32. The number of carbonyl (C=O) groups is 1. The molecule has 22 heavy (non-hydrogen) atoms. The molecule has 0 radical (unpaired) electrons. The molecule has 0 spiro atoms. The number of nitrogens with two attached hydrogens (primary N) is 1. The molecule has 1 unspecified atom stereocenters. The van der Waals surface area contributed by atoms with Crippen molar-refractivity contribution >= 4 is 22.7 Å². The van der Waals surface area contributed by atoms with Gasteiger partial charge in [0.2, 0.25) is 5.91 Å². The van der Waals surface area contributed by atoms with Crippen molar-refractivity contribution in [3.8, 4) is 0 Å². The molecule has 5 nitrogen and oxygen atoms in total. The lowest BCUT2D eigenvalue weighted by Crippen LogP contribution is -2.48. The Hall–Kier alpha value is -2.09. The van der Waals surface area contributed by atoms with Gasteiger partial charge in [0.1, 0.15) is 5.52 Å². The zero-order valence-electron chi connectivity index (χ0n) is 12.1. The SMILES string of the molecule is CCCC(C)(N)C(=O)Nc1ccc2oc(C(F)(F)F)nc2c1. The summed E-state index contributed by atoms with van der Waals surface area (Å²) in [4.78, 5) is 15.4. The molecular weight excluding hydrogens is 299 g/mol. The first-order chi connectivity index (χ1) is 10.1. The molecule has 1 aromatic heterocycles. The highest BCUT2D eigenvalue weighted by Gasteiger charge is 2.37. The Morgan fingerprint density at radius 1 is 1.41 bits per heavy atom. The molecule has 0 saturated carbocycles. The summed E-state index contributed by atoms with van der Waals surface area (Å²) in [5.74, 6) is -1.73. The predicted octanol–water partition coefficient (Wildman–Crippen LogP) is 3.30. The lowest BCUT2D eigenvalue weighted by atomic mass is 9.96. The summed E-state index contributed by atoms with van der Waals surface area (Å²) < 4.78 is 42.2. The van der Waals surface area contributed by atoms with E-state index in [4.69, 9.17) is 5.73 Å². The molecule has 3 N–H and O–H groups in total. The molecule has 0 bridgehead atoms. The Morgan fingerprint density at radius 3 is 2.68 bits per heavy atom. The highest BCUT2D eigenvalue weighted by molar-refractivity contribution is 5.98. The van der Waals surface area contributed by atoms with Crippen molar-refractivity contribution < 1.29 is 22.4 Å². The number of alkyl halides is 3. The Balaban J connectivity index is 2.25. The number of amides is 1. The number of aromatic nitrogens is 1. The summed E-state index contributed by atoms with van der Waals surface area (Å²) >= 11 is 0. The third-order valence-corrected chi connectivity index (χ3v) is 3.18. The molecule has 0 saturated heterocycles. The van der Waals surface area contributed by atoms with E-state index in [-0.39, 0.29) is 11.1 Å². The average Bonchev–Trinajstić information content (AvgIpc) is 2.81. The summed E-state index contributed by atoms with van der Waals surface area (Å²) in [7, 11) is 0. The highest BCUT2D eigenvalue weighted by Crippen LogP contribution is 2.31. The third-order valence-electron chi connectivity index (χ3n) is 3.18. The number of nitrogens with one attached hydrogen (secondary N) is 1. The number of oxazole rings is 1. The van der Waals surface area contributed by atoms with Gasteiger partial charge in [-0.15, -0.1) is 0 Å². The van der Waals surface area contributed by atoms with Crippen LogP contribution in [0.3, 0.4) is 0 Å². The standard InChI is InChI=1S/C14H16F3N3O2/c1-3-6-13(2,18)11(21)19-8-4-5-10-9(7-8)20-12(22-10)14(15,16)17/h4-5,7H,3,6,18H2,1-2H3,(H,19,21). The van der Waals surface area contributed by atoms with Crippen LogP contribution in [0.1, 0.15) is 32.6 Å². The maximum Gasteiger partial charge on any atom is 0.468 e. The summed E-state index contributed by atoms with van der Waals surface area (Å²) in [6.07, 6.45) is -3.43. The van der Waals surface area contributed by atoms with E-state index in [1.165, 1.54) is 18.2 Å². The minimum Gasteiger partial charge on any atom is -0.433 e. The van der Waals surface area contributed by atoms with Crippen molar-refractivity contribution in [1.82, 2.24) is 4.98 Å². The molecular formula is C14H16F3N3O2. The zero-order chi connectivity index (χ0) is 16.5. The number of hydrogen-bond donors (Lipinski definition) is 2. The summed E-state index contributed by atoms with van der Waals surface area (Å²) in [5, 5.41) is 2.58.